The van der Waals surface area contributed by atoms with Crippen LogP contribution in [0.15, 0.2) is 71.6 Å². The summed E-state index contributed by atoms with van der Waals surface area (Å²) in [5, 5.41) is 12.5. The maximum Gasteiger partial charge on any atom is 0.416 e. The molecule has 3 aromatic rings. The highest BCUT2D eigenvalue weighted by Crippen LogP contribution is 2.31. The van der Waals surface area contributed by atoms with Gasteiger partial charge in [-0.3, -0.25) is 9.52 Å². The predicted octanol–water partition coefficient (Wildman–Crippen LogP) is 4.83. The second-order valence-corrected chi connectivity index (χ2v) is 13.1. The lowest BCUT2D eigenvalue weighted by Crippen LogP contribution is -2.48. The number of carbonyl (C=O) groups is 2. The zero-order chi connectivity index (χ0) is 34.5. The number of ether oxygens (including phenoxy) is 2. The van der Waals surface area contributed by atoms with Gasteiger partial charge in [-0.15, -0.1) is 0 Å². The van der Waals surface area contributed by atoms with E-state index in [1.807, 2.05) is 6.92 Å². The molecule has 0 aromatic heterocycles. The van der Waals surface area contributed by atoms with Gasteiger partial charge in [0.15, 0.2) is 0 Å². The fourth-order valence-corrected chi connectivity index (χ4v) is 6.04. The number of fused-ring (bicyclic) bond motifs is 1. The van der Waals surface area contributed by atoms with E-state index in [1.165, 1.54) is 60.4 Å². The number of anilines is 2. The number of halogens is 3. The summed E-state index contributed by atoms with van der Waals surface area (Å²) >= 11 is 0. The molecule has 3 aromatic carbocycles. The van der Waals surface area contributed by atoms with Crippen molar-refractivity contribution in [1.29, 1.82) is 0 Å². The third kappa shape index (κ3) is 8.86. The molecule has 3 atom stereocenters. The number of aliphatic hydroxyl groups excluding tert-OH is 1. The number of benzene rings is 3. The molecule has 11 nitrogen and oxygen atoms in total. The van der Waals surface area contributed by atoms with Crippen molar-refractivity contribution < 1.29 is 45.8 Å². The number of hydrogen-bond donors (Lipinski definition) is 3. The zero-order valence-electron chi connectivity index (χ0n) is 26.2. The lowest BCUT2D eigenvalue weighted by atomic mass is 10.0. The van der Waals surface area contributed by atoms with E-state index in [-0.39, 0.29) is 54.2 Å². The minimum absolute atomic E-state index is 0.00335. The fourth-order valence-electron chi connectivity index (χ4n) is 4.99. The first-order valence-electron chi connectivity index (χ1n) is 14.7. The molecule has 3 amide bonds. The Morgan fingerprint density at radius 3 is 2.34 bits per heavy atom. The molecule has 254 valence electrons. The van der Waals surface area contributed by atoms with Crippen LogP contribution in [0.5, 0.6) is 11.5 Å². The number of hydrogen-bond acceptors (Lipinski definition) is 7. The van der Waals surface area contributed by atoms with Crippen molar-refractivity contribution in [2.45, 2.75) is 43.5 Å². The van der Waals surface area contributed by atoms with Gasteiger partial charge in [0.2, 0.25) is 5.91 Å². The molecule has 4 rings (SSSR count). The van der Waals surface area contributed by atoms with Crippen LogP contribution in [-0.4, -0.2) is 81.3 Å². The van der Waals surface area contributed by atoms with E-state index < -0.39 is 39.9 Å². The Morgan fingerprint density at radius 2 is 1.74 bits per heavy atom. The Balaban J connectivity index is 1.58. The Bertz CT molecular complexity index is 1670. The van der Waals surface area contributed by atoms with Gasteiger partial charge in [-0.1, -0.05) is 6.92 Å². The highest BCUT2D eigenvalue weighted by atomic mass is 32.2. The summed E-state index contributed by atoms with van der Waals surface area (Å²) in [4.78, 5) is 29.3. The molecule has 0 radical (unpaired) electrons. The molecule has 1 heterocycles. The van der Waals surface area contributed by atoms with Crippen LogP contribution < -0.4 is 19.5 Å². The highest BCUT2D eigenvalue weighted by Gasteiger charge is 2.33. The number of urea groups is 1. The van der Waals surface area contributed by atoms with Crippen LogP contribution in [0.25, 0.3) is 0 Å². The molecule has 15 heteroatoms. The van der Waals surface area contributed by atoms with Gasteiger partial charge in [-0.2, -0.15) is 13.2 Å². The van der Waals surface area contributed by atoms with Crippen LogP contribution in [0.4, 0.5) is 29.3 Å². The normalized spacial score (nSPS) is 17.7. The first kappa shape index (κ1) is 35.4. The molecule has 0 aliphatic carbocycles. The van der Waals surface area contributed by atoms with Gasteiger partial charge in [-0.25, -0.2) is 13.2 Å². The van der Waals surface area contributed by atoms with Gasteiger partial charge in [0, 0.05) is 36.4 Å². The van der Waals surface area contributed by atoms with Gasteiger partial charge < -0.3 is 29.7 Å². The molecule has 0 fully saturated rings. The molecule has 0 saturated carbocycles. The first-order valence-corrected chi connectivity index (χ1v) is 16.2. The van der Waals surface area contributed by atoms with Crippen LogP contribution >= 0.6 is 0 Å². The zero-order valence-corrected chi connectivity index (χ0v) is 27.1. The smallest absolute Gasteiger partial charge is 0.416 e. The van der Waals surface area contributed by atoms with E-state index in [0.29, 0.717) is 17.1 Å². The van der Waals surface area contributed by atoms with Crippen molar-refractivity contribution >= 4 is 33.3 Å². The average molecular weight is 679 g/mol. The topological polar surface area (TPSA) is 138 Å². The number of carbonyl (C=O) groups excluding carboxylic acids is 2. The number of nitrogens with zero attached hydrogens (tertiary/aromatic N) is 2. The largest absolute Gasteiger partial charge is 0.497 e. The lowest BCUT2D eigenvalue weighted by molar-refractivity contribution is -0.137. The summed E-state index contributed by atoms with van der Waals surface area (Å²) in [5.74, 6) is 0.128. The molecule has 3 N–H and O–H groups in total. The van der Waals surface area contributed by atoms with Crippen molar-refractivity contribution in [3.8, 4) is 11.5 Å². The van der Waals surface area contributed by atoms with Crippen LogP contribution in [0.1, 0.15) is 25.0 Å². The quantitative estimate of drug-likeness (QED) is 0.295. The molecule has 1 aliphatic rings. The number of amides is 3. The van der Waals surface area contributed by atoms with E-state index in [9.17, 15) is 36.3 Å². The van der Waals surface area contributed by atoms with Crippen LogP contribution in [-0.2, 0) is 27.4 Å². The number of nitrogens with one attached hydrogen (secondary N) is 2. The molecule has 47 heavy (non-hydrogen) atoms. The van der Waals surface area contributed by atoms with Crippen LogP contribution in [0, 0.1) is 5.92 Å². The third-order valence-corrected chi connectivity index (χ3v) is 9.20. The second-order valence-electron chi connectivity index (χ2n) is 11.4. The maximum absolute atomic E-state index is 13.5. The van der Waals surface area contributed by atoms with Crippen LogP contribution in [0.2, 0.25) is 0 Å². The third-order valence-electron chi connectivity index (χ3n) is 7.80. The number of rotatable bonds is 9. The SMILES string of the molecule is COc1ccc(S(=O)(=O)Nc2ccc3c(c2)CC(=O)N([C@H](C)CO)C[C@@H](C)[C@H](CN(C)C(=O)Nc2ccc(C(F)(F)F)cc2)O3)cc1. The molecule has 0 unspecified atom stereocenters. The van der Waals surface area contributed by atoms with Gasteiger partial charge in [0.25, 0.3) is 10.0 Å². The van der Waals surface area contributed by atoms with Gasteiger partial charge in [0.05, 0.1) is 43.2 Å². The summed E-state index contributed by atoms with van der Waals surface area (Å²) in [6.45, 7) is 3.44. The summed E-state index contributed by atoms with van der Waals surface area (Å²) < 4.78 is 79.0. The van der Waals surface area contributed by atoms with Crippen molar-refractivity contribution in [3.63, 3.8) is 0 Å². The Morgan fingerprint density at radius 1 is 1.11 bits per heavy atom. The second kappa shape index (κ2) is 14.5. The summed E-state index contributed by atoms with van der Waals surface area (Å²) in [6, 6.07) is 13.3. The van der Waals surface area contributed by atoms with Crippen LogP contribution in [0.3, 0.4) is 0 Å². The molecule has 1 aliphatic heterocycles. The Labute approximate surface area is 271 Å². The number of sulfonamides is 1. The van der Waals surface area contributed by atoms with Gasteiger partial charge >= 0.3 is 12.2 Å². The molecule has 0 spiro atoms. The highest BCUT2D eigenvalue weighted by molar-refractivity contribution is 7.92. The van der Waals surface area contributed by atoms with Crippen molar-refractivity contribution in [1.82, 2.24) is 9.80 Å². The minimum Gasteiger partial charge on any atom is -0.497 e. The monoisotopic (exact) mass is 678 g/mol. The molecule has 0 bridgehead atoms. The van der Waals surface area contributed by atoms with E-state index >= 15 is 0 Å². The minimum atomic E-state index is -4.51. The van der Waals surface area contributed by atoms with Crippen molar-refractivity contribution in [2.75, 3.05) is 43.9 Å². The number of alkyl halides is 3. The molecule has 0 saturated heterocycles. The summed E-state index contributed by atoms with van der Waals surface area (Å²) in [6.07, 6.45) is -5.34. The Kier molecular flexibility index (Phi) is 10.9. The van der Waals surface area contributed by atoms with Gasteiger partial charge in [0.1, 0.15) is 17.6 Å². The lowest BCUT2D eigenvalue weighted by Gasteiger charge is -2.34. The van der Waals surface area contributed by atoms with Crippen molar-refractivity contribution in [3.05, 3.63) is 77.9 Å². The average Bonchev–Trinajstić information content (AvgIpc) is 3.07. The maximum atomic E-state index is 13.5. The number of likely N-dealkylation sites (N-methyl/N-ethyl adjacent to an activating group) is 1. The summed E-state index contributed by atoms with van der Waals surface area (Å²) in [5.41, 5.74) is -0.101. The van der Waals surface area contributed by atoms with Crippen molar-refractivity contribution in [2.24, 2.45) is 5.92 Å². The number of aliphatic hydroxyl groups is 1. The van der Waals surface area contributed by atoms with E-state index in [4.69, 9.17) is 9.47 Å². The van der Waals surface area contributed by atoms with E-state index in [1.54, 1.807) is 13.0 Å². The number of methoxy groups -OCH3 is 1. The summed E-state index contributed by atoms with van der Waals surface area (Å²) in [7, 11) is -1.03. The van der Waals surface area contributed by atoms with E-state index in [0.717, 1.165) is 24.3 Å². The predicted molar refractivity (Wildman–Crippen MR) is 169 cm³/mol. The standard InChI is InChI=1S/C32H37F3N4O7S/c1-20-17-39(21(2)19-40)30(41)16-22-15-25(37-47(43,44)27-12-10-26(45-4)11-13-27)9-14-28(22)46-29(20)18-38(3)31(42)36-24-7-5-23(6-8-24)32(33,34)35/h5-15,20-21,29,37,40H,16-19H2,1-4H3,(H,36,42)/t20-,21-,29+/m1/s1. The molecular weight excluding hydrogens is 641 g/mol. The molecular formula is C32H37F3N4O7S. The fraction of sp³-hybridized carbons (Fsp3) is 0.375. The van der Waals surface area contributed by atoms with E-state index in [2.05, 4.69) is 10.0 Å². The van der Waals surface area contributed by atoms with Gasteiger partial charge in [-0.05, 0) is 73.7 Å². The Hall–Kier alpha value is -4.50. The first-order chi connectivity index (χ1) is 22.1.